The molecule has 3 rings (SSSR count). The van der Waals surface area contributed by atoms with Crippen molar-refractivity contribution in [3.63, 3.8) is 0 Å². The fourth-order valence-corrected chi connectivity index (χ4v) is 3.62. The molecule has 0 aromatic heterocycles. The number of carbonyl (C=O) groups is 1. The lowest BCUT2D eigenvalue weighted by atomic mass is 9.77. The highest BCUT2D eigenvalue weighted by Gasteiger charge is 2.39. The quantitative estimate of drug-likeness (QED) is 0.804. The third-order valence-electron chi connectivity index (χ3n) is 5.02. The van der Waals surface area contributed by atoms with E-state index < -0.39 is 0 Å². The Balaban J connectivity index is 1.53. The van der Waals surface area contributed by atoms with Crippen molar-refractivity contribution in [2.75, 3.05) is 19.6 Å². The van der Waals surface area contributed by atoms with Crippen LogP contribution < -0.4 is 10.6 Å². The van der Waals surface area contributed by atoms with Crippen LogP contribution in [0.3, 0.4) is 0 Å². The molecule has 0 aromatic rings. The van der Waals surface area contributed by atoms with Crippen molar-refractivity contribution in [2.24, 2.45) is 5.41 Å². The van der Waals surface area contributed by atoms with Crippen molar-refractivity contribution in [1.82, 2.24) is 15.5 Å². The van der Waals surface area contributed by atoms with Gasteiger partial charge >= 0.3 is 0 Å². The molecule has 4 nitrogen and oxygen atoms in total. The Morgan fingerprint density at radius 3 is 2.79 bits per heavy atom. The summed E-state index contributed by atoms with van der Waals surface area (Å²) in [4.78, 5) is 15.0. The number of rotatable bonds is 3. The molecule has 108 valence electrons. The summed E-state index contributed by atoms with van der Waals surface area (Å²) in [7, 11) is 0. The molecule has 1 saturated carbocycles. The van der Waals surface area contributed by atoms with Crippen LogP contribution in [0.15, 0.2) is 0 Å². The van der Waals surface area contributed by atoms with E-state index in [0.29, 0.717) is 6.04 Å². The third-order valence-corrected chi connectivity index (χ3v) is 5.02. The first-order chi connectivity index (χ1) is 9.06. The summed E-state index contributed by atoms with van der Waals surface area (Å²) in [5.74, 6) is 0.215. The molecule has 0 aromatic carbocycles. The van der Waals surface area contributed by atoms with Crippen LogP contribution in [0.2, 0.25) is 0 Å². The van der Waals surface area contributed by atoms with Gasteiger partial charge in [-0.1, -0.05) is 13.8 Å². The van der Waals surface area contributed by atoms with Gasteiger partial charge in [0.2, 0.25) is 5.91 Å². The van der Waals surface area contributed by atoms with E-state index in [1.807, 2.05) is 0 Å². The van der Waals surface area contributed by atoms with Crippen molar-refractivity contribution >= 4 is 5.91 Å². The van der Waals surface area contributed by atoms with Crippen molar-refractivity contribution in [3.05, 3.63) is 0 Å². The van der Waals surface area contributed by atoms with Gasteiger partial charge in [0.1, 0.15) is 0 Å². The lowest BCUT2D eigenvalue weighted by molar-refractivity contribution is -0.127. The van der Waals surface area contributed by atoms with Gasteiger partial charge in [-0.05, 0) is 44.1 Å². The van der Waals surface area contributed by atoms with Crippen molar-refractivity contribution in [1.29, 1.82) is 0 Å². The molecule has 3 fully saturated rings. The lowest BCUT2D eigenvalue weighted by Crippen LogP contribution is -2.57. The van der Waals surface area contributed by atoms with Gasteiger partial charge < -0.3 is 10.6 Å². The van der Waals surface area contributed by atoms with Gasteiger partial charge in [-0.25, -0.2) is 0 Å². The Morgan fingerprint density at radius 1 is 1.32 bits per heavy atom. The molecule has 2 saturated heterocycles. The molecular weight excluding hydrogens is 238 g/mol. The van der Waals surface area contributed by atoms with Crippen LogP contribution in [0.4, 0.5) is 0 Å². The largest absolute Gasteiger partial charge is 0.351 e. The summed E-state index contributed by atoms with van der Waals surface area (Å²) >= 11 is 0. The maximum Gasteiger partial charge on any atom is 0.237 e. The molecule has 0 radical (unpaired) electrons. The normalized spacial score (nSPS) is 35.3. The first-order valence-electron chi connectivity index (χ1n) is 7.84. The number of hydrogen-bond acceptors (Lipinski definition) is 3. The lowest BCUT2D eigenvalue weighted by Gasteiger charge is -2.38. The topological polar surface area (TPSA) is 44.4 Å². The van der Waals surface area contributed by atoms with Crippen LogP contribution in [0.1, 0.15) is 46.0 Å². The zero-order chi connectivity index (χ0) is 13.5. The number of piperidine rings is 1. The molecule has 1 aliphatic carbocycles. The zero-order valence-electron chi connectivity index (χ0n) is 12.2. The van der Waals surface area contributed by atoms with E-state index in [0.717, 1.165) is 38.5 Å². The minimum absolute atomic E-state index is 0.0174. The summed E-state index contributed by atoms with van der Waals surface area (Å²) < 4.78 is 0. The maximum atomic E-state index is 12.5. The number of carbonyl (C=O) groups excluding carboxylic acids is 1. The van der Waals surface area contributed by atoms with Crippen LogP contribution >= 0.6 is 0 Å². The number of likely N-dealkylation sites (tertiary alicyclic amines) is 1. The second-order valence-corrected chi connectivity index (χ2v) is 7.20. The van der Waals surface area contributed by atoms with Gasteiger partial charge in [-0.2, -0.15) is 0 Å². The summed E-state index contributed by atoms with van der Waals surface area (Å²) in [6.45, 7) is 7.60. The molecule has 2 aliphatic heterocycles. The van der Waals surface area contributed by atoms with E-state index in [9.17, 15) is 4.79 Å². The summed E-state index contributed by atoms with van der Waals surface area (Å²) in [6.07, 6.45) is 6.15. The highest BCUT2D eigenvalue weighted by molar-refractivity contribution is 5.83. The van der Waals surface area contributed by atoms with Crippen LogP contribution in [0.5, 0.6) is 0 Å². The molecular formula is C15H27N3O. The van der Waals surface area contributed by atoms with E-state index in [-0.39, 0.29) is 17.4 Å². The SMILES string of the molecule is CC1(C)CCCNC1C(=O)NC1CCN(C2CC2)C1. The van der Waals surface area contributed by atoms with Gasteiger partial charge in [-0.3, -0.25) is 9.69 Å². The summed E-state index contributed by atoms with van der Waals surface area (Å²) in [5.41, 5.74) is 0.0805. The standard InChI is InChI=1S/C15H27N3O/c1-15(2)7-3-8-16-13(15)14(19)17-11-6-9-18(10-11)12-4-5-12/h11-13,16H,3-10H2,1-2H3,(H,17,19). The molecule has 2 heterocycles. The molecule has 19 heavy (non-hydrogen) atoms. The van der Waals surface area contributed by atoms with E-state index in [1.165, 1.54) is 19.3 Å². The monoisotopic (exact) mass is 265 g/mol. The summed E-state index contributed by atoms with van der Waals surface area (Å²) in [6, 6.07) is 1.18. The minimum atomic E-state index is -0.0174. The third kappa shape index (κ3) is 2.95. The van der Waals surface area contributed by atoms with Gasteiger partial charge in [-0.15, -0.1) is 0 Å². The van der Waals surface area contributed by atoms with E-state index in [1.54, 1.807) is 0 Å². The number of nitrogens with one attached hydrogen (secondary N) is 2. The average Bonchev–Trinajstić information content (AvgIpc) is 3.10. The van der Waals surface area contributed by atoms with Crippen LogP contribution in [-0.4, -0.2) is 48.6 Å². The zero-order valence-corrected chi connectivity index (χ0v) is 12.2. The highest BCUT2D eigenvalue weighted by Crippen LogP contribution is 2.31. The fraction of sp³-hybridized carbons (Fsp3) is 0.933. The van der Waals surface area contributed by atoms with Gasteiger partial charge in [0.05, 0.1) is 6.04 Å². The second-order valence-electron chi connectivity index (χ2n) is 7.20. The molecule has 4 heteroatoms. The van der Waals surface area contributed by atoms with Crippen LogP contribution in [-0.2, 0) is 4.79 Å². The minimum Gasteiger partial charge on any atom is -0.351 e. The number of hydrogen-bond donors (Lipinski definition) is 2. The van der Waals surface area contributed by atoms with Crippen molar-refractivity contribution in [3.8, 4) is 0 Å². The van der Waals surface area contributed by atoms with E-state index in [4.69, 9.17) is 0 Å². The van der Waals surface area contributed by atoms with Crippen molar-refractivity contribution < 1.29 is 4.79 Å². The predicted octanol–water partition coefficient (Wildman–Crippen LogP) is 1.12. The molecule has 1 amide bonds. The molecule has 0 spiro atoms. The first-order valence-corrected chi connectivity index (χ1v) is 7.84. The Morgan fingerprint density at radius 2 is 2.11 bits per heavy atom. The number of nitrogens with zero attached hydrogens (tertiary/aromatic N) is 1. The number of amides is 1. The Labute approximate surface area is 116 Å². The van der Waals surface area contributed by atoms with Gasteiger partial charge in [0.25, 0.3) is 0 Å². The first kappa shape index (κ1) is 13.4. The maximum absolute atomic E-state index is 12.5. The second kappa shape index (κ2) is 5.06. The Kier molecular flexibility index (Phi) is 3.56. The van der Waals surface area contributed by atoms with E-state index in [2.05, 4.69) is 29.4 Å². The Bertz CT molecular complexity index is 351. The molecule has 3 aliphatic rings. The van der Waals surface area contributed by atoms with Crippen molar-refractivity contribution in [2.45, 2.75) is 64.1 Å². The van der Waals surface area contributed by atoms with Crippen LogP contribution in [0.25, 0.3) is 0 Å². The highest BCUT2D eigenvalue weighted by atomic mass is 16.2. The van der Waals surface area contributed by atoms with E-state index >= 15 is 0 Å². The Hall–Kier alpha value is -0.610. The predicted molar refractivity (Wildman–Crippen MR) is 75.9 cm³/mol. The van der Waals surface area contributed by atoms with Gasteiger partial charge in [0, 0.05) is 25.2 Å². The molecule has 0 bridgehead atoms. The summed E-state index contributed by atoms with van der Waals surface area (Å²) in [5, 5.41) is 6.68. The average molecular weight is 265 g/mol. The van der Waals surface area contributed by atoms with Crippen LogP contribution in [0, 0.1) is 5.41 Å². The smallest absolute Gasteiger partial charge is 0.237 e. The molecule has 2 N–H and O–H groups in total. The fourth-order valence-electron chi connectivity index (χ4n) is 3.62. The molecule has 2 unspecified atom stereocenters. The molecule has 2 atom stereocenters. The van der Waals surface area contributed by atoms with Gasteiger partial charge in [0.15, 0.2) is 0 Å².